The zero-order chi connectivity index (χ0) is 15.3. The molecular weight excluding hydrogens is 346 g/mol. The SMILES string of the molecule is CCN1CCN(S(=O)(=O)CCNC(=O)c2cccs2)CC1.Cl. The van der Waals surface area contributed by atoms with Crippen LogP contribution in [-0.2, 0) is 10.0 Å². The Morgan fingerprint density at radius 2 is 2.00 bits per heavy atom. The molecule has 1 aliphatic rings. The number of nitrogens with zero attached hydrogens (tertiary/aromatic N) is 2. The van der Waals surface area contributed by atoms with Crippen molar-refractivity contribution in [2.24, 2.45) is 0 Å². The monoisotopic (exact) mass is 367 g/mol. The number of hydrogen-bond donors (Lipinski definition) is 1. The highest BCUT2D eigenvalue weighted by molar-refractivity contribution is 7.89. The lowest BCUT2D eigenvalue weighted by Crippen LogP contribution is -2.49. The molecule has 1 saturated heterocycles. The molecule has 0 unspecified atom stereocenters. The number of sulfonamides is 1. The van der Waals surface area contributed by atoms with Gasteiger partial charge in [-0.2, -0.15) is 4.31 Å². The van der Waals surface area contributed by atoms with Crippen molar-refractivity contribution in [1.82, 2.24) is 14.5 Å². The largest absolute Gasteiger partial charge is 0.350 e. The maximum atomic E-state index is 12.2. The first kappa shape index (κ1) is 19.4. The summed E-state index contributed by atoms with van der Waals surface area (Å²) in [7, 11) is -3.28. The van der Waals surface area contributed by atoms with E-state index in [1.807, 2.05) is 5.38 Å². The Bertz CT molecular complexity index is 555. The van der Waals surface area contributed by atoms with Crippen LogP contribution < -0.4 is 5.32 Å². The summed E-state index contributed by atoms with van der Waals surface area (Å²) in [5.74, 6) is -0.257. The predicted octanol–water partition coefficient (Wildman–Crippen LogP) is 0.867. The van der Waals surface area contributed by atoms with Gasteiger partial charge in [-0.25, -0.2) is 8.42 Å². The van der Waals surface area contributed by atoms with Gasteiger partial charge in [-0.05, 0) is 18.0 Å². The summed E-state index contributed by atoms with van der Waals surface area (Å²) < 4.78 is 25.9. The average molecular weight is 368 g/mol. The van der Waals surface area contributed by atoms with E-state index < -0.39 is 10.0 Å². The lowest BCUT2D eigenvalue weighted by molar-refractivity contribution is 0.0960. The molecule has 0 aliphatic carbocycles. The molecule has 1 fully saturated rings. The minimum Gasteiger partial charge on any atom is -0.350 e. The van der Waals surface area contributed by atoms with Crippen molar-refractivity contribution in [3.05, 3.63) is 22.4 Å². The van der Waals surface area contributed by atoms with Gasteiger partial charge in [0, 0.05) is 32.7 Å². The molecule has 6 nitrogen and oxygen atoms in total. The summed E-state index contributed by atoms with van der Waals surface area (Å²) in [5.41, 5.74) is 0. The Morgan fingerprint density at radius 3 is 2.55 bits per heavy atom. The topological polar surface area (TPSA) is 69.7 Å². The van der Waals surface area contributed by atoms with E-state index in [2.05, 4.69) is 17.1 Å². The van der Waals surface area contributed by atoms with Gasteiger partial charge in [-0.15, -0.1) is 23.7 Å². The fourth-order valence-corrected chi connectivity index (χ4v) is 4.22. The van der Waals surface area contributed by atoms with Crippen LogP contribution in [0.3, 0.4) is 0 Å². The van der Waals surface area contributed by atoms with E-state index in [0.717, 1.165) is 19.6 Å². The molecule has 0 spiro atoms. The van der Waals surface area contributed by atoms with E-state index in [1.165, 1.54) is 15.6 Å². The molecular formula is C13H22ClN3O3S2. The Morgan fingerprint density at radius 1 is 1.32 bits per heavy atom. The van der Waals surface area contributed by atoms with Gasteiger partial charge in [0.2, 0.25) is 10.0 Å². The van der Waals surface area contributed by atoms with Crippen molar-refractivity contribution in [2.75, 3.05) is 45.0 Å². The van der Waals surface area contributed by atoms with Crippen LogP contribution in [0.25, 0.3) is 0 Å². The zero-order valence-corrected chi connectivity index (χ0v) is 15.0. The van der Waals surface area contributed by atoms with Gasteiger partial charge >= 0.3 is 0 Å². The number of likely N-dealkylation sites (N-methyl/N-ethyl adjacent to an activating group) is 1. The number of piperazine rings is 1. The number of thiophene rings is 1. The van der Waals surface area contributed by atoms with Crippen molar-refractivity contribution in [3.8, 4) is 0 Å². The average Bonchev–Trinajstić information content (AvgIpc) is 3.01. The van der Waals surface area contributed by atoms with E-state index in [-0.39, 0.29) is 30.6 Å². The molecule has 1 aromatic heterocycles. The Labute approximate surface area is 141 Å². The second kappa shape index (κ2) is 8.83. The van der Waals surface area contributed by atoms with E-state index in [0.29, 0.717) is 18.0 Å². The molecule has 1 N–H and O–H groups in total. The van der Waals surface area contributed by atoms with Crippen molar-refractivity contribution in [1.29, 1.82) is 0 Å². The van der Waals surface area contributed by atoms with Crippen molar-refractivity contribution in [3.63, 3.8) is 0 Å². The Hall–Kier alpha value is -0.670. The number of rotatable bonds is 6. The maximum Gasteiger partial charge on any atom is 0.261 e. The van der Waals surface area contributed by atoms with Crippen LogP contribution >= 0.6 is 23.7 Å². The fourth-order valence-electron chi connectivity index (χ4n) is 2.24. The molecule has 2 rings (SSSR count). The van der Waals surface area contributed by atoms with Gasteiger partial charge in [0.25, 0.3) is 5.91 Å². The molecule has 0 bridgehead atoms. The minimum absolute atomic E-state index is 0. The fraction of sp³-hybridized carbons (Fsp3) is 0.615. The van der Waals surface area contributed by atoms with Crippen molar-refractivity contribution >= 4 is 39.7 Å². The highest BCUT2D eigenvalue weighted by atomic mass is 35.5. The summed E-state index contributed by atoms with van der Waals surface area (Å²) in [4.78, 5) is 14.6. The Balaban J connectivity index is 0.00000242. The van der Waals surface area contributed by atoms with Gasteiger partial charge in [0.15, 0.2) is 0 Å². The molecule has 9 heteroatoms. The molecule has 2 heterocycles. The van der Waals surface area contributed by atoms with Gasteiger partial charge < -0.3 is 10.2 Å². The van der Waals surface area contributed by atoms with Gasteiger partial charge in [-0.1, -0.05) is 13.0 Å². The number of amides is 1. The normalized spacial score (nSPS) is 17.0. The summed E-state index contributed by atoms with van der Waals surface area (Å²) in [6, 6.07) is 3.52. The van der Waals surface area contributed by atoms with Crippen molar-refractivity contribution in [2.45, 2.75) is 6.92 Å². The van der Waals surface area contributed by atoms with Crippen LogP contribution in [0.5, 0.6) is 0 Å². The molecule has 126 valence electrons. The lowest BCUT2D eigenvalue weighted by Gasteiger charge is -2.33. The highest BCUT2D eigenvalue weighted by Crippen LogP contribution is 2.09. The third kappa shape index (κ3) is 5.20. The molecule has 1 amide bonds. The van der Waals surface area contributed by atoms with E-state index in [9.17, 15) is 13.2 Å². The Kier molecular flexibility index (Phi) is 7.78. The number of halogens is 1. The molecule has 0 saturated carbocycles. The number of nitrogens with one attached hydrogen (secondary N) is 1. The highest BCUT2D eigenvalue weighted by Gasteiger charge is 2.26. The van der Waals surface area contributed by atoms with E-state index >= 15 is 0 Å². The van der Waals surface area contributed by atoms with Crippen LogP contribution in [0.2, 0.25) is 0 Å². The standard InChI is InChI=1S/C13H21N3O3S2.ClH/c1-2-15-6-8-16(9-7-15)21(18,19)11-5-14-13(17)12-4-3-10-20-12;/h3-4,10H,2,5-9,11H2,1H3,(H,14,17);1H. The number of carbonyl (C=O) groups excluding carboxylic acids is 1. The first-order valence-corrected chi connectivity index (χ1v) is 9.53. The number of carbonyl (C=O) groups is 1. The molecule has 1 aromatic rings. The summed E-state index contributed by atoms with van der Waals surface area (Å²) >= 11 is 1.34. The van der Waals surface area contributed by atoms with Crippen molar-refractivity contribution < 1.29 is 13.2 Å². The van der Waals surface area contributed by atoms with Crippen LogP contribution in [0.15, 0.2) is 17.5 Å². The predicted molar refractivity (Wildman–Crippen MR) is 91.4 cm³/mol. The quantitative estimate of drug-likeness (QED) is 0.809. The molecule has 0 atom stereocenters. The maximum absolute atomic E-state index is 12.2. The van der Waals surface area contributed by atoms with Gasteiger partial charge in [0.05, 0.1) is 10.6 Å². The molecule has 0 radical (unpaired) electrons. The third-order valence-corrected chi connectivity index (χ3v) is 6.30. The zero-order valence-electron chi connectivity index (χ0n) is 12.5. The van der Waals surface area contributed by atoms with Crippen LogP contribution in [0.1, 0.15) is 16.6 Å². The summed E-state index contributed by atoms with van der Waals surface area (Å²) in [6.45, 7) is 5.79. The molecule has 0 aromatic carbocycles. The van der Waals surface area contributed by atoms with Crippen LogP contribution in [-0.4, -0.2) is 68.6 Å². The van der Waals surface area contributed by atoms with Crippen LogP contribution in [0, 0.1) is 0 Å². The minimum atomic E-state index is -3.28. The second-order valence-corrected chi connectivity index (χ2v) is 7.92. The summed E-state index contributed by atoms with van der Waals surface area (Å²) in [5, 5.41) is 4.47. The van der Waals surface area contributed by atoms with E-state index in [4.69, 9.17) is 0 Å². The second-order valence-electron chi connectivity index (χ2n) is 4.88. The first-order chi connectivity index (χ1) is 10.0. The van der Waals surface area contributed by atoms with Crippen LogP contribution in [0.4, 0.5) is 0 Å². The summed E-state index contributed by atoms with van der Waals surface area (Å²) in [6.07, 6.45) is 0. The lowest BCUT2D eigenvalue weighted by atomic mass is 10.4. The first-order valence-electron chi connectivity index (χ1n) is 7.05. The molecule has 1 aliphatic heterocycles. The van der Waals surface area contributed by atoms with E-state index in [1.54, 1.807) is 12.1 Å². The number of hydrogen-bond acceptors (Lipinski definition) is 5. The third-order valence-electron chi connectivity index (χ3n) is 3.56. The van der Waals surface area contributed by atoms with Gasteiger partial charge in [0.1, 0.15) is 0 Å². The smallest absolute Gasteiger partial charge is 0.261 e. The van der Waals surface area contributed by atoms with Gasteiger partial charge in [-0.3, -0.25) is 4.79 Å². The molecule has 22 heavy (non-hydrogen) atoms.